The van der Waals surface area contributed by atoms with Crippen LogP contribution >= 0.6 is 0 Å². The molecule has 0 amide bonds. The van der Waals surface area contributed by atoms with E-state index in [1.807, 2.05) is 49.4 Å². The van der Waals surface area contributed by atoms with Crippen molar-refractivity contribution in [2.24, 2.45) is 5.92 Å². The van der Waals surface area contributed by atoms with Gasteiger partial charge in [0.15, 0.2) is 5.82 Å². The Labute approximate surface area is 252 Å². The first-order valence-corrected chi connectivity index (χ1v) is 14.6. The molecule has 1 aliphatic carbocycles. The summed E-state index contributed by atoms with van der Waals surface area (Å²) in [5.41, 5.74) is 4.27. The molecule has 0 spiro atoms. The van der Waals surface area contributed by atoms with Gasteiger partial charge in [0.05, 0.1) is 22.5 Å². The molecule has 1 saturated carbocycles. The summed E-state index contributed by atoms with van der Waals surface area (Å²) >= 11 is 0. The molecule has 5 aromatic rings. The number of alkyl halides is 3. The van der Waals surface area contributed by atoms with Crippen molar-refractivity contribution >= 4 is 17.0 Å². The second kappa shape index (κ2) is 12.1. The number of carboxylic acid groups (broad SMARTS) is 1. The molecular formula is C34H31F3N4O3. The molecule has 226 valence electrons. The molecule has 1 aliphatic rings. The second-order valence-electron chi connectivity index (χ2n) is 11.3. The van der Waals surface area contributed by atoms with Gasteiger partial charge < -0.3 is 14.4 Å². The van der Waals surface area contributed by atoms with Crippen LogP contribution in [0.25, 0.3) is 22.2 Å². The SMILES string of the molecule is Cc1cnc(COc2ccc3nc([C@@H]4CCCC[C@@H]4C(=O)O)n(Cc4ccc(-c5ccc(C(F)(F)F)cc5)cc4)c3c2)nc1. The Hall–Kier alpha value is -4.73. The van der Waals surface area contributed by atoms with Crippen molar-refractivity contribution in [3.05, 3.63) is 107 Å². The fourth-order valence-electron chi connectivity index (χ4n) is 5.87. The van der Waals surface area contributed by atoms with Gasteiger partial charge in [-0.2, -0.15) is 13.2 Å². The molecular weight excluding hydrogens is 569 g/mol. The number of benzene rings is 3. The average Bonchev–Trinajstić information content (AvgIpc) is 3.38. The maximum absolute atomic E-state index is 13.0. The average molecular weight is 601 g/mol. The van der Waals surface area contributed by atoms with Gasteiger partial charge in [0.1, 0.15) is 18.2 Å². The number of aliphatic carboxylic acids is 1. The Morgan fingerprint density at radius 3 is 2.27 bits per heavy atom. The first kappa shape index (κ1) is 29.3. The van der Waals surface area contributed by atoms with Gasteiger partial charge in [0.2, 0.25) is 0 Å². The Morgan fingerprint density at radius 2 is 1.61 bits per heavy atom. The maximum Gasteiger partial charge on any atom is 0.416 e. The van der Waals surface area contributed by atoms with Crippen molar-refractivity contribution in [2.75, 3.05) is 0 Å². The number of fused-ring (bicyclic) bond motifs is 1. The molecule has 44 heavy (non-hydrogen) atoms. The van der Waals surface area contributed by atoms with Crippen molar-refractivity contribution in [1.82, 2.24) is 19.5 Å². The van der Waals surface area contributed by atoms with Gasteiger partial charge in [-0.3, -0.25) is 4.79 Å². The van der Waals surface area contributed by atoms with E-state index >= 15 is 0 Å². The molecule has 0 saturated heterocycles. The van der Waals surface area contributed by atoms with Crippen molar-refractivity contribution in [1.29, 1.82) is 0 Å². The first-order chi connectivity index (χ1) is 21.2. The quantitative estimate of drug-likeness (QED) is 0.195. The highest BCUT2D eigenvalue weighted by atomic mass is 19.4. The van der Waals surface area contributed by atoms with Crippen molar-refractivity contribution in [3.63, 3.8) is 0 Å². The highest BCUT2D eigenvalue weighted by molar-refractivity contribution is 5.79. The predicted octanol–water partition coefficient (Wildman–Crippen LogP) is 7.81. The number of hydrogen-bond donors (Lipinski definition) is 1. The van der Waals surface area contributed by atoms with Crippen molar-refractivity contribution in [3.8, 4) is 16.9 Å². The number of carbonyl (C=O) groups is 1. The lowest BCUT2D eigenvalue weighted by Crippen LogP contribution is -2.27. The third kappa shape index (κ3) is 6.29. The maximum atomic E-state index is 13.0. The van der Waals surface area contributed by atoms with Gasteiger partial charge in [-0.25, -0.2) is 15.0 Å². The number of carboxylic acids is 1. The summed E-state index contributed by atoms with van der Waals surface area (Å²) in [4.78, 5) is 25.8. The largest absolute Gasteiger partial charge is 0.486 e. The number of aryl methyl sites for hydroxylation is 1. The van der Waals surface area contributed by atoms with E-state index in [1.54, 1.807) is 12.4 Å². The van der Waals surface area contributed by atoms with Crippen LogP contribution in [0.2, 0.25) is 0 Å². The van der Waals surface area contributed by atoms with E-state index in [4.69, 9.17) is 9.72 Å². The highest BCUT2D eigenvalue weighted by Gasteiger charge is 2.35. The van der Waals surface area contributed by atoms with Crippen LogP contribution in [0.15, 0.2) is 79.1 Å². The van der Waals surface area contributed by atoms with Crippen LogP contribution in [0.4, 0.5) is 13.2 Å². The van der Waals surface area contributed by atoms with Crippen LogP contribution in [0.5, 0.6) is 5.75 Å². The van der Waals surface area contributed by atoms with Gasteiger partial charge >= 0.3 is 12.1 Å². The summed E-state index contributed by atoms with van der Waals surface area (Å²) in [6.45, 7) is 2.55. The Balaban J connectivity index is 1.32. The van der Waals surface area contributed by atoms with Gasteiger partial charge in [0.25, 0.3) is 0 Å². The second-order valence-corrected chi connectivity index (χ2v) is 11.3. The van der Waals surface area contributed by atoms with Crippen LogP contribution in [0.1, 0.15) is 59.9 Å². The summed E-state index contributed by atoms with van der Waals surface area (Å²) in [6, 6.07) is 18.4. The number of ether oxygens (including phenoxy) is 1. The lowest BCUT2D eigenvalue weighted by Gasteiger charge is -2.28. The Bertz CT molecular complexity index is 1770. The molecule has 0 unspecified atom stereocenters. The summed E-state index contributed by atoms with van der Waals surface area (Å²) in [5, 5.41) is 10.0. The van der Waals surface area contributed by atoms with Gasteiger partial charge in [-0.05, 0) is 66.3 Å². The fraction of sp³-hybridized carbons (Fsp3) is 0.294. The molecule has 3 aromatic carbocycles. The third-order valence-electron chi connectivity index (χ3n) is 8.21. The van der Waals surface area contributed by atoms with Crippen LogP contribution in [0.3, 0.4) is 0 Å². The zero-order valence-corrected chi connectivity index (χ0v) is 24.1. The van der Waals surface area contributed by atoms with E-state index < -0.39 is 23.6 Å². The molecule has 2 aromatic heterocycles. The summed E-state index contributed by atoms with van der Waals surface area (Å²) in [7, 11) is 0. The van der Waals surface area contributed by atoms with Crippen molar-refractivity contribution < 1.29 is 27.8 Å². The molecule has 0 aliphatic heterocycles. The van der Waals surface area contributed by atoms with Gasteiger partial charge in [0, 0.05) is 30.9 Å². The lowest BCUT2D eigenvalue weighted by molar-refractivity contribution is -0.143. The minimum atomic E-state index is -4.38. The summed E-state index contributed by atoms with van der Waals surface area (Å²) < 4.78 is 47.1. The van der Waals surface area contributed by atoms with E-state index in [1.165, 1.54) is 12.1 Å². The number of imidazole rings is 1. The molecule has 0 radical (unpaired) electrons. The van der Waals surface area contributed by atoms with E-state index in [9.17, 15) is 23.1 Å². The number of aromatic nitrogens is 4. The molecule has 2 atom stereocenters. The minimum absolute atomic E-state index is 0.196. The van der Waals surface area contributed by atoms with E-state index in [0.29, 0.717) is 30.1 Å². The lowest BCUT2D eigenvalue weighted by atomic mass is 9.78. The first-order valence-electron chi connectivity index (χ1n) is 14.6. The molecule has 7 nitrogen and oxygen atoms in total. The summed E-state index contributed by atoms with van der Waals surface area (Å²) in [6.07, 6.45) is 2.25. The van der Waals surface area contributed by atoms with Crippen LogP contribution in [-0.2, 0) is 24.1 Å². The minimum Gasteiger partial charge on any atom is -0.486 e. The van der Waals surface area contributed by atoms with E-state index in [0.717, 1.165) is 64.9 Å². The monoisotopic (exact) mass is 600 g/mol. The fourth-order valence-corrected chi connectivity index (χ4v) is 5.87. The normalized spacial score (nSPS) is 17.1. The molecule has 10 heteroatoms. The molecule has 1 N–H and O–H groups in total. The van der Waals surface area contributed by atoms with Crippen LogP contribution in [-0.4, -0.2) is 30.6 Å². The molecule has 0 bridgehead atoms. The Kier molecular flexibility index (Phi) is 8.07. The van der Waals surface area contributed by atoms with Crippen LogP contribution in [0, 0.1) is 12.8 Å². The predicted molar refractivity (Wildman–Crippen MR) is 159 cm³/mol. The van der Waals surface area contributed by atoms with Crippen LogP contribution < -0.4 is 4.74 Å². The smallest absolute Gasteiger partial charge is 0.416 e. The zero-order valence-electron chi connectivity index (χ0n) is 24.1. The van der Waals surface area contributed by atoms with Gasteiger partial charge in [-0.1, -0.05) is 49.2 Å². The van der Waals surface area contributed by atoms with E-state index in [-0.39, 0.29) is 12.5 Å². The van der Waals surface area contributed by atoms with Gasteiger partial charge in [-0.15, -0.1) is 0 Å². The van der Waals surface area contributed by atoms with Crippen molar-refractivity contribution in [2.45, 2.75) is 57.9 Å². The molecule has 1 fully saturated rings. The molecule has 6 rings (SSSR count). The zero-order chi connectivity index (χ0) is 30.8. The standard InChI is InChI=1S/C34H31F3N4O3/c1-21-17-38-31(39-18-21)20-44-26-14-15-29-30(16-26)41(32(40-29)27-4-2-3-5-28(27)33(42)43)19-22-6-8-23(9-7-22)24-10-12-25(13-11-24)34(35,36)37/h6-18,27-28H,2-5,19-20H2,1H3,(H,42,43)/t27-,28+/m1/s1. The number of rotatable bonds is 8. The number of nitrogens with zero attached hydrogens (tertiary/aromatic N) is 4. The Morgan fingerprint density at radius 1 is 0.955 bits per heavy atom. The summed E-state index contributed by atoms with van der Waals surface area (Å²) in [5.74, 6) is 0.352. The van der Waals surface area contributed by atoms with E-state index in [2.05, 4.69) is 14.5 Å². The third-order valence-corrected chi connectivity index (χ3v) is 8.21. The molecule has 2 heterocycles. The number of hydrogen-bond acceptors (Lipinski definition) is 5. The number of halogens is 3. The topological polar surface area (TPSA) is 90.1 Å². The highest BCUT2D eigenvalue weighted by Crippen LogP contribution is 2.40.